The van der Waals surface area contributed by atoms with Crippen molar-refractivity contribution in [2.75, 3.05) is 0 Å². The first-order valence-electron chi connectivity index (χ1n) is 13.5. The molecular weight excluding hydrogens is 480 g/mol. The zero-order valence-corrected chi connectivity index (χ0v) is 23.6. The van der Waals surface area contributed by atoms with Gasteiger partial charge in [-0.2, -0.15) is 20.4 Å². The van der Waals surface area contributed by atoms with Crippen LogP contribution >= 0.6 is 0 Å². The van der Waals surface area contributed by atoms with Gasteiger partial charge in [-0.05, 0) is 29.4 Å². The summed E-state index contributed by atoms with van der Waals surface area (Å²) in [5.41, 5.74) is 4.58. The zero-order chi connectivity index (χ0) is 27.8. The van der Waals surface area contributed by atoms with Gasteiger partial charge in [0.25, 0.3) is 0 Å². The van der Waals surface area contributed by atoms with Gasteiger partial charge in [0.1, 0.15) is 6.33 Å². The molecule has 0 saturated carbocycles. The lowest BCUT2D eigenvalue weighted by Crippen LogP contribution is -1.95. The van der Waals surface area contributed by atoms with Crippen LogP contribution in [-0.4, -0.2) is 30.4 Å². The molecule has 3 heterocycles. The summed E-state index contributed by atoms with van der Waals surface area (Å²) in [5.74, 6) is 1.42. The maximum Gasteiger partial charge on any atom is 0.116 e. The second kappa shape index (κ2) is 13.0. The van der Waals surface area contributed by atoms with E-state index < -0.39 is 0 Å². The van der Waals surface area contributed by atoms with Crippen LogP contribution in [-0.2, 0) is 0 Å². The lowest BCUT2D eigenvalue weighted by atomic mass is 9.98. The van der Waals surface area contributed by atoms with Crippen LogP contribution in [0.2, 0.25) is 0 Å². The van der Waals surface area contributed by atoms with Crippen LogP contribution in [0.5, 0.6) is 0 Å². The van der Waals surface area contributed by atoms with Gasteiger partial charge in [0.05, 0.1) is 35.5 Å². The highest BCUT2D eigenvalue weighted by Gasteiger charge is 2.07. The van der Waals surface area contributed by atoms with Crippen molar-refractivity contribution in [1.82, 2.24) is 30.4 Å². The fourth-order valence-corrected chi connectivity index (χ4v) is 4.52. The predicted molar refractivity (Wildman–Crippen MR) is 161 cm³/mol. The van der Waals surface area contributed by atoms with E-state index in [1.807, 2.05) is 36.5 Å². The number of rotatable bonds is 3. The minimum Gasteiger partial charge on any atom is -0.240 e. The third-order valence-electron chi connectivity index (χ3n) is 6.51. The van der Waals surface area contributed by atoms with E-state index in [1.54, 1.807) is 18.7 Å². The maximum atomic E-state index is 4.30. The lowest BCUT2D eigenvalue weighted by molar-refractivity contribution is 0.799. The summed E-state index contributed by atoms with van der Waals surface area (Å²) >= 11 is 0. The van der Waals surface area contributed by atoms with Crippen molar-refractivity contribution in [3.05, 3.63) is 109 Å². The molecule has 0 aliphatic heterocycles. The Bertz CT molecular complexity index is 1450. The average molecular weight is 517 g/mol. The zero-order valence-electron chi connectivity index (χ0n) is 23.6. The topological polar surface area (TPSA) is 77.3 Å². The quantitative estimate of drug-likeness (QED) is 0.236. The van der Waals surface area contributed by atoms with Crippen LogP contribution in [0.15, 0.2) is 91.6 Å². The van der Waals surface area contributed by atoms with E-state index in [0.717, 1.165) is 16.9 Å². The molecule has 3 aromatic heterocycles. The smallest absolute Gasteiger partial charge is 0.116 e. The van der Waals surface area contributed by atoms with Gasteiger partial charge in [0.15, 0.2) is 0 Å². The van der Waals surface area contributed by atoms with Crippen molar-refractivity contribution in [3.8, 4) is 0 Å². The highest BCUT2D eigenvalue weighted by Crippen LogP contribution is 2.24. The van der Waals surface area contributed by atoms with Gasteiger partial charge in [-0.1, -0.05) is 102 Å². The molecule has 0 atom stereocenters. The van der Waals surface area contributed by atoms with E-state index in [0.29, 0.717) is 17.8 Å². The monoisotopic (exact) mass is 516 g/mol. The van der Waals surface area contributed by atoms with Crippen LogP contribution in [0.4, 0.5) is 0 Å². The minimum absolute atomic E-state index is 0.429. The molecule has 198 valence electrons. The van der Waals surface area contributed by atoms with Crippen molar-refractivity contribution in [2.24, 2.45) is 0 Å². The number of nitrogens with zero attached hydrogens (tertiary/aromatic N) is 6. The second-order valence-electron chi connectivity index (χ2n) is 10.4. The Morgan fingerprint density at radius 1 is 0.487 bits per heavy atom. The Balaban J connectivity index is 0.000000136. The van der Waals surface area contributed by atoms with Crippen molar-refractivity contribution in [2.45, 2.75) is 59.3 Å². The molecule has 0 aliphatic rings. The number of hydrogen-bond acceptors (Lipinski definition) is 6. The van der Waals surface area contributed by atoms with E-state index in [1.165, 1.54) is 32.5 Å². The Hall–Kier alpha value is -4.32. The SMILES string of the molecule is CC(C)c1cccc2cnncc12.CC(C)c1ncnc2ccccc12.CC(C)c1nncc2ccccc12. The molecule has 0 bridgehead atoms. The third-order valence-corrected chi connectivity index (χ3v) is 6.51. The number of benzene rings is 3. The molecule has 0 saturated heterocycles. The van der Waals surface area contributed by atoms with E-state index >= 15 is 0 Å². The van der Waals surface area contributed by atoms with Gasteiger partial charge in [0.2, 0.25) is 0 Å². The Morgan fingerprint density at radius 3 is 1.85 bits per heavy atom. The Labute approximate surface area is 230 Å². The van der Waals surface area contributed by atoms with E-state index in [9.17, 15) is 0 Å². The lowest BCUT2D eigenvalue weighted by Gasteiger charge is -2.07. The summed E-state index contributed by atoms with van der Waals surface area (Å²) in [6.45, 7) is 12.9. The molecular formula is C33H36N6. The largest absolute Gasteiger partial charge is 0.240 e. The fourth-order valence-electron chi connectivity index (χ4n) is 4.52. The molecule has 39 heavy (non-hydrogen) atoms. The molecule has 0 aliphatic carbocycles. The Morgan fingerprint density at radius 2 is 1.10 bits per heavy atom. The maximum absolute atomic E-state index is 4.30. The van der Waals surface area contributed by atoms with Gasteiger partial charge in [-0.25, -0.2) is 9.97 Å². The van der Waals surface area contributed by atoms with Gasteiger partial charge < -0.3 is 0 Å². The number of hydrogen-bond donors (Lipinski definition) is 0. The fraction of sp³-hybridized carbons (Fsp3) is 0.273. The van der Waals surface area contributed by atoms with Crippen LogP contribution in [0, 0.1) is 0 Å². The van der Waals surface area contributed by atoms with Crippen molar-refractivity contribution in [3.63, 3.8) is 0 Å². The van der Waals surface area contributed by atoms with E-state index in [4.69, 9.17) is 0 Å². The summed E-state index contributed by atoms with van der Waals surface area (Å²) < 4.78 is 0. The van der Waals surface area contributed by atoms with Gasteiger partial charge >= 0.3 is 0 Å². The molecule has 0 N–H and O–H groups in total. The van der Waals surface area contributed by atoms with Gasteiger partial charge in [-0.15, -0.1) is 0 Å². The van der Waals surface area contributed by atoms with Crippen LogP contribution < -0.4 is 0 Å². The minimum atomic E-state index is 0.429. The molecule has 0 unspecified atom stereocenters. The first kappa shape index (κ1) is 27.7. The molecule has 6 nitrogen and oxygen atoms in total. The normalized spacial score (nSPS) is 11.0. The van der Waals surface area contributed by atoms with Crippen LogP contribution in [0.1, 0.15) is 76.2 Å². The summed E-state index contributed by atoms with van der Waals surface area (Å²) in [6, 6.07) is 22.6. The highest BCUT2D eigenvalue weighted by atomic mass is 15.1. The van der Waals surface area contributed by atoms with Gasteiger partial charge in [0, 0.05) is 26.9 Å². The number of aromatic nitrogens is 6. The van der Waals surface area contributed by atoms with Crippen molar-refractivity contribution < 1.29 is 0 Å². The van der Waals surface area contributed by atoms with Gasteiger partial charge in [-0.3, -0.25) is 0 Å². The molecule has 6 aromatic rings. The van der Waals surface area contributed by atoms with Crippen LogP contribution in [0.25, 0.3) is 32.4 Å². The standard InChI is InChI=1S/3C11H12N2/c1-8(2)10-5-3-4-9-6-12-13-7-11(9)10;1-8(2)11-9-5-3-4-6-10(9)12-7-13-11;1-8(2)11-10-6-4-3-5-9(10)7-12-13-11/h3*3-8H,1-2H3. The molecule has 3 aromatic carbocycles. The predicted octanol–water partition coefficient (Wildman–Crippen LogP) is 8.26. The number of para-hydroxylation sites is 1. The third kappa shape index (κ3) is 6.77. The number of fused-ring (bicyclic) bond motifs is 3. The molecule has 0 amide bonds. The van der Waals surface area contributed by atoms with Crippen molar-refractivity contribution in [1.29, 1.82) is 0 Å². The molecule has 0 radical (unpaired) electrons. The van der Waals surface area contributed by atoms with E-state index in [2.05, 4.69) is 108 Å². The highest BCUT2D eigenvalue weighted by molar-refractivity contribution is 5.85. The van der Waals surface area contributed by atoms with Crippen molar-refractivity contribution >= 4 is 32.4 Å². The molecule has 6 heteroatoms. The molecule has 0 spiro atoms. The molecule has 6 rings (SSSR count). The summed E-state index contributed by atoms with van der Waals surface area (Å²) in [4.78, 5) is 8.51. The summed E-state index contributed by atoms with van der Waals surface area (Å²) in [6.07, 6.45) is 7.09. The summed E-state index contributed by atoms with van der Waals surface area (Å²) in [7, 11) is 0. The first-order chi connectivity index (χ1) is 18.9. The average Bonchev–Trinajstić information content (AvgIpc) is 2.96. The Kier molecular flexibility index (Phi) is 9.21. The molecule has 0 fully saturated rings. The first-order valence-corrected chi connectivity index (χ1v) is 13.5. The van der Waals surface area contributed by atoms with Crippen LogP contribution in [0.3, 0.4) is 0 Å². The summed E-state index contributed by atoms with van der Waals surface area (Å²) in [5, 5.41) is 21.8. The second-order valence-corrected chi connectivity index (χ2v) is 10.4. The van der Waals surface area contributed by atoms with E-state index in [-0.39, 0.29) is 0 Å².